The Labute approximate surface area is 361 Å². The van der Waals surface area contributed by atoms with E-state index in [0.29, 0.717) is 56.2 Å². The first kappa shape index (κ1) is 26.6. The van der Waals surface area contributed by atoms with Crippen molar-refractivity contribution in [3.63, 3.8) is 0 Å². The van der Waals surface area contributed by atoms with Crippen LogP contribution in [-0.2, 0) is 20.1 Å². The smallest absolute Gasteiger partial charge is 0.226 e. The Balaban J connectivity index is 0.000000274. The van der Waals surface area contributed by atoms with Crippen LogP contribution in [0.15, 0.2) is 126 Å². The maximum atomic E-state index is 8.00. The zero-order valence-corrected chi connectivity index (χ0v) is 33.4. The molecule has 0 unspecified atom stereocenters. The summed E-state index contributed by atoms with van der Waals surface area (Å²) in [5, 5.41) is 1.51. The molecule has 3 heterocycles. The Morgan fingerprint density at radius 1 is 0.696 bits per heavy atom. The van der Waals surface area contributed by atoms with E-state index in [1.165, 1.54) is 61.7 Å². The van der Waals surface area contributed by atoms with Crippen LogP contribution in [0, 0.1) is 45.0 Å². The second-order valence-corrected chi connectivity index (χ2v) is 14.9. The zero-order valence-electron chi connectivity index (χ0n) is 43.0. The number of benzene rings is 5. The van der Waals surface area contributed by atoms with Crippen LogP contribution in [0.25, 0.3) is 67.0 Å². The largest absolute Gasteiger partial charge is 0.445 e. The van der Waals surface area contributed by atoms with Crippen molar-refractivity contribution in [1.29, 1.82) is 0 Å². The molecule has 1 aliphatic rings. The van der Waals surface area contributed by atoms with Crippen LogP contribution in [0.1, 0.15) is 89.7 Å². The number of fused-ring (bicyclic) bond motifs is 3. The van der Waals surface area contributed by atoms with E-state index < -0.39 is 27.4 Å². The van der Waals surface area contributed by atoms with Gasteiger partial charge in [0.1, 0.15) is 11.1 Å². The van der Waals surface area contributed by atoms with Crippen LogP contribution in [-0.4, -0.2) is 15.0 Å². The number of nitrogens with zero attached hydrogens (tertiary/aromatic N) is 3. The van der Waals surface area contributed by atoms with E-state index in [2.05, 4.69) is 72.3 Å². The third kappa shape index (κ3) is 8.45. The van der Waals surface area contributed by atoms with Crippen molar-refractivity contribution in [2.75, 3.05) is 0 Å². The SMILES string of the molecule is [2H]C([2H])([2H])c1c[c-]c(-c2ccc(C([2H])([2H])[2H])cn2)cc1.[2H]C([2H])([2H])c1cnc(-c2[c-]ccc3ccc4nc(-c5ccc(-c6ccc(C7CCC(C)(C)CC7)cc6)cc5)oc4c23)cc1C([2H])([2H])[2H].[Ir]. The van der Waals surface area contributed by atoms with Gasteiger partial charge in [-0.25, -0.2) is 4.98 Å². The first-order chi connectivity index (χ1) is 31.4. The molecule has 0 amide bonds. The Morgan fingerprint density at radius 2 is 1.41 bits per heavy atom. The van der Waals surface area contributed by atoms with Gasteiger partial charge in [-0.1, -0.05) is 97.7 Å². The fourth-order valence-corrected chi connectivity index (χ4v) is 7.23. The molecule has 1 saturated carbocycles. The number of hydrogen-bond acceptors (Lipinski definition) is 4. The Kier molecular flexibility index (Phi) is 7.83. The van der Waals surface area contributed by atoms with Gasteiger partial charge >= 0.3 is 0 Å². The summed E-state index contributed by atoms with van der Waals surface area (Å²) in [6.07, 6.45) is 7.47. The molecule has 1 fully saturated rings. The number of aromatic nitrogens is 3. The predicted molar refractivity (Wildman–Crippen MR) is 227 cm³/mol. The van der Waals surface area contributed by atoms with Crippen molar-refractivity contribution >= 4 is 21.9 Å². The quantitative estimate of drug-likeness (QED) is 0.161. The van der Waals surface area contributed by atoms with E-state index in [9.17, 15) is 0 Å². The average molecular weight is 922 g/mol. The molecule has 0 saturated heterocycles. The molecule has 5 aromatic carbocycles. The van der Waals surface area contributed by atoms with E-state index in [-0.39, 0.29) is 42.4 Å². The second-order valence-electron chi connectivity index (χ2n) is 14.9. The molecule has 0 atom stereocenters. The molecule has 283 valence electrons. The molecule has 5 heteroatoms. The van der Waals surface area contributed by atoms with E-state index in [4.69, 9.17) is 25.9 Å². The summed E-state index contributed by atoms with van der Waals surface area (Å²) in [5.74, 6) is 1.10. The number of pyridine rings is 2. The maximum Gasteiger partial charge on any atom is 0.226 e. The summed E-state index contributed by atoms with van der Waals surface area (Å²) in [6.45, 7) is -4.85. The first-order valence-electron chi connectivity index (χ1n) is 24.4. The fourth-order valence-electron chi connectivity index (χ4n) is 7.23. The molecule has 0 spiro atoms. The summed E-state index contributed by atoms with van der Waals surface area (Å²) < 4.78 is 97.5. The summed E-state index contributed by atoms with van der Waals surface area (Å²) >= 11 is 0. The van der Waals surface area contributed by atoms with E-state index in [1.54, 1.807) is 18.2 Å². The van der Waals surface area contributed by atoms with Crippen molar-refractivity contribution in [1.82, 2.24) is 15.0 Å². The fraction of sp³-hybridized carbons (Fsp3) is 0.235. The minimum Gasteiger partial charge on any atom is -0.445 e. The third-order valence-corrected chi connectivity index (χ3v) is 10.5. The van der Waals surface area contributed by atoms with Crippen molar-refractivity contribution in [2.24, 2.45) is 5.41 Å². The van der Waals surface area contributed by atoms with Crippen molar-refractivity contribution in [2.45, 2.75) is 72.9 Å². The van der Waals surface area contributed by atoms with Gasteiger partial charge < -0.3 is 14.4 Å². The van der Waals surface area contributed by atoms with E-state index in [0.717, 1.165) is 28.3 Å². The molecule has 4 nitrogen and oxygen atoms in total. The maximum absolute atomic E-state index is 8.00. The molecule has 0 bridgehead atoms. The van der Waals surface area contributed by atoms with Gasteiger partial charge in [0.2, 0.25) is 5.89 Å². The summed E-state index contributed by atoms with van der Waals surface area (Å²) in [5.41, 5.74) is 7.93. The summed E-state index contributed by atoms with van der Waals surface area (Å²) in [7, 11) is 0. The van der Waals surface area contributed by atoms with Crippen LogP contribution < -0.4 is 0 Å². The molecule has 0 aliphatic heterocycles. The molecule has 0 N–H and O–H groups in total. The predicted octanol–water partition coefficient (Wildman–Crippen LogP) is 13.6. The molecule has 1 radical (unpaired) electrons. The van der Waals surface area contributed by atoms with Crippen molar-refractivity contribution < 1.29 is 41.0 Å². The van der Waals surface area contributed by atoms with E-state index >= 15 is 0 Å². The van der Waals surface area contributed by atoms with Crippen LogP contribution >= 0.6 is 0 Å². The molecule has 8 aromatic rings. The van der Waals surface area contributed by atoms with Gasteiger partial charge in [0.05, 0.1) is 0 Å². The van der Waals surface area contributed by atoms with Crippen molar-refractivity contribution in [3.05, 3.63) is 162 Å². The topological polar surface area (TPSA) is 51.8 Å². The Hall–Kier alpha value is -5.22. The Morgan fingerprint density at radius 3 is 2.09 bits per heavy atom. The summed E-state index contributed by atoms with van der Waals surface area (Å²) in [6, 6.07) is 39.5. The van der Waals surface area contributed by atoms with Crippen LogP contribution in [0.4, 0.5) is 0 Å². The molecular weight excluding hydrogens is 863 g/mol. The van der Waals surface area contributed by atoms with Gasteiger partial charge in [0, 0.05) is 54.5 Å². The molecule has 1 aliphatic carbocycles. The normalized spacial score (nSPS) is 18.0. The zero-order chi connectivity index (χ0) is 48.1. The van der Waals surface area contributed by atoms with Crippen molar-refractivity contribution in [3.8, 4) is 45.1 Å². The number of hydrogen-bond donors (Lipinski definition) is 0. The standard InChI is InChI=1S/C38H35N2O.C13H12N.Ir/c1-24-22-34(39-23-25(24)2)32-7-5-6-30-16-17-33-36(35(30)32)41-37(40-33)31-14-12-27(13-15-31)26-8-10-28(11-9-26)29-18-20-38(3,4)21-19-29;1-10-3-6-12(7-4-10)13-8-5-11(2)9-14-13;/h5-6,8-17,22-23,29H,18-21H2,1-4H3;3-6,8-9H,1-2H3;/q2*-1;/i2*1D3,2D3;. The molecule has 3 aromatic heterocycles. The van der Waals surface area contributed by atoms with Gasteiger partial charge in [-0.3, -0.25) is 0 Å². The minimum atomic E-state index is -2.64. The monoisotopic (exact) mass is 922 g/mol. The second kappa shape index (κ2) is 16.5. The number of rotatable bonds is 5. The minimum absolute atomic E-state index is 0. The Bertz CT molecular complexity index is 2960. The first-order valence-corrected chi connectivity index (χ1v) is 18.4. The molecular formula is C51H47IrN3O-2. The van der Waals surface area contributed by atoms with Gasteiger partial charge in [0.15, 0.2) is 0 Å². The van der Waals surface area contributed by atoms with E-state index in [1.807, 2.05) is 30.3 Å². The van der Waals surface area contributed by atoms with Gasteiger partial charge in [-0.05, 0) is 115 Å². The van der Waals surface area contributed by atoms with Gasteiger partial charge in [-0.2, -0.15) is 0 Å². The molecule has 56 heavy (non-hydrogen) atoms. The van der Waals surface area contributed by atoms with Gasteiger partial charge in [0.25, 0.3) is 0 Å². The van der Waals surface area contributed by atoms with Crippen LogP contribution in [0.3, 0.4) is 0 Å². The van der Waals surface area contributed by atoms with Gasteiger partial charge in [-0.15, -0.1) is 59.2 Å². The van der Waals surface area contributed by atoms with Crippen LogP contribution in [0.2, 0.25) is 0 Å². The average Bonchev–Trinajstić information content (AvgIpc) is 3.73. The number of oxazole rings is 1. The van der Waals surface area contributed by atoms with Crippen LogP contribution in [0.5, 0.6) is 0 Å². The molecule has 9 rings (SSSR count). The third-order valence-electron chi connectivity index (χ3n) is 10.5. The number of aryl methyl sites for hydroxylation is 4. The summed E-state index contributed by atoms with van der Waals surface area (Å²) in [4.78, 5) is 13.2.